The van der Waals surface area contributed by atoms with E-state index in [0.717, 1.165) is 41.5 Å². The van der Waals surface area contributed by atoms with Gasteiger partial charge in [-0.25, -0.2) is 9.37 Å². The molecule has 1 fully saturated rings. The lowest BCUT2D eigenvalue weighted by molar-refractivity contribution is 0.0707. The molecule has 0 aliphatic carbocycles. The topological polar surface area (TPSA) is 36.4 Å². The van der Waals surface area contributed by atoms with Gasteiger partial charge in [0.25, 0.3) is 5.91 Å². The highest BCUT2D eigenvalue weighted by Gasteiger charge is 2.30. The van der Waals surface area contributed by atoms with Gasteiger partial charge in [-0.15, -0.1) is 11.3 Å². The number of nitrogens with zero attached hydrogens (tertiary/aromatic N) is 3. The third-order valence-electron chi connectivity index (χ3n) is 4.94. The van der Waals surface area contributed by atoms with Crippen molar-refractivity contribution in [1.29, 1.82) is 0 Å². The summed E-state index contributed by atoms with van der Waals surface area (Å²) in [5, 5.41) is 0.918. The number of hydrogen-bond acceptors (Lipinski definition) is 4. The van der Waals surface area contributed by atoms with Crippen LogP contribution in [0.4, 0.5) is 4.39 Å². The fraction of sp³-hybridized carbons (Fsp3) is 0.500. The molecule has 0 unspecified atom stereocenters. The monoisotopic (exact) mass is 375 g/mol. The largest absolute Gasteiger partial charge is 0.336 e. The normalized spacial score (nSPS) is 19.0. The van der Waals surface area contributed by atoms with Crippen LogP contribution in [0, 0.1) is 18.7 Å². The Morgan fingerprint density at radius 3 is 2.65 bits per heavy atom. The lowest BCUT2D eigenvalue weighted by atomic mass is 10.0. The Balaban J connectivity index is 1.74. The Kier molecular flexibility index (Phi) is 6.04. The molecule has 1 saturated heterocycles. The lowest BCUT2D eigenvalue weighted by Gasteiger charge is -2.34. The molecule has 4 nitrogen and oxygen atoms in total. The van der Waals surface area contributed by atoms with Gasteiger partial charge in [0.1, 0.15) is 10.7 Å². The van der Waals surface area contributed by atoms with E-state index in [1.807, 2.05) is 24.0 Å². The van der Waals surface area contributed by atoms with Gasteiger partial charge in [-0.1, -0.05) is 26.0 Å². The summed E-state index contributed by atoms with van der Waals surface area (Å²) >= 11 is 1.46. The molecular formula is C20H26FN3OS. The predicted octanol–water partition coefficient (Wildman–Crippen LogP) is 3.96. The molecule has 1 aliphatic heterocycles. The molecule has 0 N–H and O–H groups in total. The molecule has 2 aromatic rings. The Morgan fingerprint density at radius 1 is 1.31 bits per heavy atom. The molecule has 0 spiro atoms. The van der Waals surface area contributed by atoms with E-state index in [4.69, 9.17) is 0 Å². The highest BCUT2D eigenvalue weighted by molar-refractivity contribution is 7.13. The first-order valence-corrected chi connectivity index (χ1v) is 9.96. The summed E-state index contributed by atoms with van der Waals surface area (Å²) in [6.07, 6.45) is 2.63. The molecule has 1 aliphatic rings. The van der Waals surface area contributed by atoms with E-state index in [2.05, 4.69) is 23.7 Å². The van der Waals surface area contributed by atoms with Crippen molar-refractivity contribution in [2.24, 2.45) is 5.92 Å². The number of aromatic nitrogens is 1. The molecule has 26 heavy (non-hydrogen) atoms. The van der Waals surface area contributed by atoms with Crippen molar-refractivity contribution in [3.63, 3.8) is 0 Å². The zero-order chi connectivity index (χ0) is 18.7. The molecule has 140 valence electrons. The van der Waals surface area contributed by atoms with Crippen molar-refractivity contribution in [3.8, 4) is 0 Å². The van der Waals surface area contributed by atoms with Crippen LogP contribution in [0.25, 0.3) is 0 Å². The van der Waals surface area contributed by atoms with Crippen molar-refractivity contribution in [2.45, 2.75) is 39.8 Å². The van der Waals surface area contributed by atoms with Crippen LogP contribution >= 0.6 is 11.3 Å². The van der Waals surface area contributed by atoms with E-state index >= 15 is 0 Å². The second-order valence-electron chi connectivity index (χ2n) is 7.26. The Bertz CT molecular complexity index is 744. The maximum atomic E-state index is 13.2. The van der Waals surface area contributed by atoms with Crippen LogP contribution in [0.15, 0.2) is 30.5 Å². The minimum Gasteiger partial charge on any atom is -0.336 e. The van der Waals surface area contributed by atoms with E-state index in [-0.39, 0.29) is 17.8 Å². The Hall–Kier alpha value is -1.79. The van der Waals surface area contributed by atoms with Crippen molar-refractivity contribution >= 4 is 17.2 Å². The highest BCUT2D eigenvalue weighted by Crippen LogP contribution is 2.22. The second-order valence-corrected chi connectivity index (χ2v) is 8.49. The van der Waals surface area contributed by atoms with Crippen molar-refractivity contribution in [1.82, 2.24) is 14.8 Å². The summed E-state index contributed by atoms with van der Waals surface area (Å²) in [4.78, 5) is 22.2. The maximum absolute atomic E-state index is 13.2. The second kappa shape index (κ2) is 8.27. The fourth-order valence-corrected chi connectivity index (χ4v) is 4.26. The maximum Gasteiger partial charge on any atom is 0.265 e. The number of thiazole rings is 1. The SMILES string of the molecule is Cc1ncc(C(=O)N2CCCN(Cc3ccc(F)cc3)[C@H](C(C)C)C2)s1. The summed E-state index contributed by atoms with van der Waals surface area (Å²) in [6, 6.07) is 7.00. The molecule has 0 bridgehead atoms. The number of carbonyl (C=O) groups is 1. The van der Waals surface area contributed by atoms with Gasteiger partial charge in [0, 0.05) is 32.2 Å². The average Bonchev–Trinajstić information content (AvgIpc) is 2.93. The molecular weight excluding hydrogens is 349 g/mol. The predicted molar refractivity (Wildman–Crippen MR) is 103 cm³/mol. The number of halogens is 1. The average molecular weight is 376 g/mol. The van der Waals surface area contributed by atoms with E-state index in [1.54, 1.807) is 6.20 Å². The third-order valence-corrected chi connectivity index (χ3v) is 5.84. The van der Waals surface area contributed by atoms with E-state index in [9.17, 15) is 9.18 Å². The minimum atomic E-state index is -0.207. The zero-order valence-electron chi connectivity index (χ0n) is 15.6. The summed E-state index contributed by atoms with van der Waals surface area (Å²) in [5.74, 6) is 0.304. The number of hydrogen-bond donors (Lipinski definition) is 0. The first-order valence-electron chi connectivity index (χ1n) is 9.14. The van der Waals surface area contributed by atoms with Crippen LogP contribution in [0.3, 0.4) is 0 Å². The molecule has 3 rings (SSSR count). The summed E-state index contributed by atoms with van der Waals surface area (Å²) in [7, 11) is 0. The molecule has 1 amide bonds. The third kappa shape index (κ3) is 4.48. The zero-order valence-corrected chi connectivity index (χ0v) is 16.4. The van der Waals surface area contributed by atoms with Crippen LogP contribution in [-0.2, 0) is 6.54 Å². The van der Waals surface area contributed by atoms with Crippen LogP contribution in [0.2, 0.25) is 0 Å². The smallest absolute Gasteiger partial charge is 0.265 e. The van der Waals surface area contributed by atoms with Gasteiger partial charge < -0.3 is 4.90 Å². The number of rotatable bonds is 4. The van der Waals surface area contributed by atoms with E-state index in [1.165, 1.54) is 23.5 Å². The molecule has 1 atom stereocenters. The van der Waals surface area contributed by atoms with E-state index in [0.29, 0.717) is 12.5 Å². The number of amides is 1. The molecule has 2 heterocycles. The Labute approximate surface area is 158 Å². The molecule has 0 radical (unpaired) electrons. The van der Waals surface area contributed by atoms with Crippen LogP contribution in [0.1, 0.15) is 40.5 Å². The number of carbonyl (C=O) groups excluding carboxylic acids is 1. The van der Waals surface area contributed by atoms with Crippen molar-refractivity contribution in [2.75, 3.05) is 19.6 Å². The summed E-state index contributed by atoms with van der Waals surface area (Å²) < 4.78 is 13.2. The lowest BCUT2D eigenvalue weighted by Crippen LogP contribution is -2.45. The van der Waals surface area contributed by atoms with Gasteiger partial charge in [0.15, 0.2) is 0 Å². The van der Waals surface area contributed by atoms with Crippen LogP contribution in [0.5, 0.6) is 0 Å². The van der Waals surface area contributed by atoms with E-state index < -0.39 is 0 Å². The first kappa shape index (κ1) is 19.0. The van der Waals surface area contributed by atoms with Gasteiger partial charge in [0.05, 0.1) is 11.2 Å². The van der Waals surface area contributed by atoms with Gasteiger partial charge in [0.2, 0.25) is 0 Å². The summed E-state index contributed by atoms with van der Waals surface area (Å²) in [6.45, 7) is 9.52. The number of aryl methyl sites for hydroxylation is 1. The fourth-order valence-electron chi connectivity index (χ4n) is 3.52. The molecule has 0 saturated carbocycles. The van der Waals surface area contributed by atoms with Gasteiger partial charge in [-0.3, -0.25) is 9.69 Å². The van der Waals surface area contributed by atoms with Crippen LogP contribution < -0.4 is 0 Å². The van der Waals surface area contributed by atoms with Crippen LogP contribution in [-0.4, -0.2) is 46.4 Å². The number of benzene rings is 1. The standard InChI is InChI=1S/C20H26FN3OS/c1-14(2)18-13-24(20(25)19-11-22-15(3)26-19)10-4-9-23(18)12-16-5-7-17(21)8-6-16/h5-8,11,14,18H,4,9-10,12-13H2,1-3H3/t18-/m0/s1. The molecule has 1 aromatic carbocycles. The molecule has 6 heteroatoms. The first-order chi connectivity index (χ1) is 12.4. The quantitative estimate of drug-likeness (QED) is 0.811. The Morgan fingerprint density at radius 2 is 2.04 bits per heavy atom. The van der Waals surface area contributed by atoms with Crippen molar-refractivity contribution < 1.29 is 9.18 Å². The van der Waals surface area contributed by atoms with Crippen molar-refractivity contribution in [3.05, 3.63) is 51.7 Å². The van der Waals surface area contributed by atoms with Gasteiger partial charge >= 0.3 is 0 Å². The summed E-state index contributed by atoms with van der Waals surface area (Å²) in [5.41, 5.74) is 1.11. The minimum absolute atomic E-state index is 0.0879. The van der Waals surface area contributed by atoms with Gasteiger partial charge in [-0.2, -0.15) is 0 Å². The highest BCUT2D eigenvalue weighted by atomic mass is 32.1. The molecule has 1 aromatic heterocycles. The van der Waals surface area contributed by atoms with Gasteiger partial charge in [-0.05, 0) is 37.0 Å².